The van der Waals surface area contributed by atoms with Gasteiger partial charge in [-0.15, -0.1) is 0 Å². The fraction of sp³-hybridized carbons (Fsp3) is 0.261. The molecule has 1 aliphatic carbocycles. The highest BCUT2D eigenvalue weighted by Crippen LogP contribution is 2.32. The van der Waals surface area contributed by atoms with Gasteiger partial charge >= 0.3 is 0 Å². The number of nitriles is 1. The maximum Gasteiger partial charge on any atom is 0.272 e. The highest BCUT2D eigenvalue weighted by Gasteiger charge is 2.25. The fourth-order valence-corrected chi connectivity index (χ4v) is 3.91. The highest BCUT2D eigenvalue weighted by atomic mass is 16.1. The molecule has 1 saturated carbocycles. The van der Waals surface area contributed by atoms with Crippen LogP contribution in [0.2, 0.25) is 0 Å². The highest BCUT2D eigenvalue weighted by molar-refractivity contribution is 5.69. The summed E-state index contributed by atoms with van der Waals surface area (Å²) in [5, 5.41) is 9.74. The zero-order chi connectivity index (χ0) is 18.6. The smallest absolute Gasteiger partial charge is 0.272 e. The molecule has 0 saturated heterocycles. The zero-order valence-electron chi connectivity index (χ0n) is 15.1. The molecule has 0 radical (unpaired) electrons. The molecule has 4 rings (SSSR count). The summed E-state index contributed by atoms with van der Waals surface area (Å²) in [4.78, 5) is 18.2. The second-order valence-electron chi connectivity index (χ2n) is 6.97. The van der Waals surface area contributed by atoms with Gasteiger partial charge in [0.15, 0.2) is 0 Å². The van der Waals surface area contributed by atoms with Crippen LogP contribution in [0.3, 0.4) is 0 Å². The van der Waals surface area contributed by atoms with Gasteiger partial charge in [-0.25, -0.2) is 4.98 Å². The van der Waals surface area contributed by atoms with Gasteiger partial charge in [0.2, 0.25) is 0 Å². The van der Waals surface area contributed by atoms with Crippen molar-refractivity contribution in [1.29, 1.82) is 5.26 Å². The molecule has 4 heteroatoms. The van der Waals surface area contributed by atoms with Crippen LogP contribution in [-0.4, -0.2) is 9.55 Å². The molecule has 0 aliphatic heterocycles. The van der Waals surface area contributed by atoms with Crippen LogP contribution in [0.25, 0.3) is 22.6 Å². The van der Waals surface area contributed by atoms with E-state index in [-0.39, 0.29) is 17.2 Å². The first kappa shape index (κ1) is 17.2. The SMILES string of the molecule is N#Cc1c(-c2ccccc2)nc(-c2ccccc2)n(C2CCCCC2)c1=O. The van der Waals surface area contributed by atoms with Crippen molar-refractivity contribution in [2.75, 3.05) is 0 Å². The van der Waals surface area contributed by atoms with Crippen LogP contribution in [0.5, 0.6) is 0 Å². The van der Waals surface area contributed by atoms with Crippen molar-refractivity contribution in [3.63, 3.8) is 0 Å². The molecule has 3 aromatic rings. The molecule has 134 valence electrons. The quantitative estimate of drug-likeness (QED) is 0.667. The molecule has 0 spiro atoms. The Kier molecular flexibility index (Phi) is 4.84. The van der Waals surface area contributed by atoms with Gasteiger partial charge < -0.3 is 0 Å². The van der Waals surface area contributed by atoms with Gasteiger partial charge in [0.1, 0.15) is 17.5 Å². The lowest BCUT2D eigenvalue weighted by Gasteiger charge is -2.27. The maximum absolute atomic E-state index is 13.4. The molecule has 0 N–H and O–H groups in total. The number of nitrogens with zero attached hydrogens (tertiary/aromatic N) is 3. The van der Waals surface area contributed by atoms with Crippen molar-refractivity contribution >= 4 is 0 Å². The van der Waals surface area contributed by atoms with Crippen LogP contribution in [-0.2, 0) is 0 Å². The van der Waals surface area contributed by atoms with Crippen molar-refractivity contribution in [3.05, 3.63) is 76.6 Å². The molecule has 0 atom stereocenters. The van der Waals surface area contributed by atoms with Crippen LogP contribution in [0.1, 0.15) is 43.7 Å². The van der Waals surface area contributed by atoms with E-state index in [2.05, 4.69) is 6.07 Å². The predicted octanol–water partition coefficient (Wildman–Crippen LogP) is 4.95. The van der Waals surface area contributed by atoms with Gasteiger partial charge in [-0.2, -0.15) is 5.26 Å². The number of hydrogen-bond acceptors (Lipinski definition) is 3. The van der Waals surface area contributed by atoms with Gasteiger partial charge in [0, 0.05) is 17.2 Å². The zero-order valence-corrected chi connectivity index (χ0v) is 15.1. The lowest BCUT2D eigenvalue weighted by molar-refractivity contribution is 0.346. The van der Waals surface area contributed by atoms with Crippen molar-refractivity contribution in [1.82, 2.24) is 9.55 Å². The molecule has 1 heterocycles. The summed E-state index contributed by atoms with van der Waals surface area (Å²) >= 11 is 0. The topological polar surface area (TPSA) is 58.7 Å². The molecular weight excluding hydrogens is 334 g/mol. The molecule has 0 bridgehead atoms. The molecule has 0 amide bonds. The summed E-state index contributed by atoms with van der Waals surface area (Å²) in [6.45, 7) is 0. The third-order valence-corrected chi connectivity index (χ3v) is 5.25. The molecule has 1 aliphatic rings. The molecule has 2 aromatic carbocycles. The summed E-state index contributed by atoms with van der Waals surface area (Å²) in [6.07, 6.45) is 5.32. The van der Waals surface area contributed by atoms with E-state index in [4.69, 9.17) is 4.98 Å². The molecule has 27 heavy (non-hydrogen) atoms. The van der Waals surface area contributed by atoms with Crippen LogP contribution in [0, 0.1) is 11.3 Å². The van der Waals surface area contributed by atoms with E-state index in [0.717, 1.165) is 36.8 Å². The van der Waals surface area contributed by atoms with Gasteiger partial charge in [-0.05, 0) is 12.8 Å². The van der Waals surface area contributed by atoms with Crippen molar-refractivity contribution < 1.29 is 0 Å². The summed E-state index contributed by atoms with van der Waals surface area (Å²) in [7, 11) is 0. The molecule has 1 aromatic heterocycles. The Balaban J connectivity index is 2.01. The summed E-state index contributed by atoms with van der Waals surface area (Å²) in [5.41, 5.74) is 2.07. The summed E-state index contributed by atoms with van der Waals surface area (Å²) in [5.74, 6) is 0.658. The Bertz CT molecular complexity index is 1030. The first-order valence-electron chi connectivity index (χ1n) is 9.47. The number of benzene rings is 2. The standard InChI is InChI=1S/C23H21N3O/c24-16-20-21(17-10-4-1-5-11-17)25-22(18-12-6-2-7-13-18)26(23(20)27)19-14-8-3-9-15-19/h1-2,4-7,10-13,19H,3,8-9,14-15H2. The molecule has 1 fully saturated rings. The normalized spacial score (nSPS) is 14.6. The predicted molar refractivity (Wildman–Crippen MR) is 106 cm³/mol. The Morgan fingerprint density at radius 3 is 2.07 bits per heavy atom. The average Bonchev–Trinajstić information content (AvgIpc) is 2.75. The molecule has 4 nitrogen and oxygen atoms in total. The van der Waals surface area contributed by atoms with Crippen molar-refractivity contribution in [2.24, 2.45) is 0 Å². The van der Waals surface area contributed by atoms with E-state index in [1.54, 1.807) is 4.57 Å². The van der Waals surface area contributed by atoms with Gasteiger partial charge in [0.25, 0.3) is 5.56 Å². The van der Waals surface area contributed by atoms with Crippen LogP contribution >= 0.6 is 0 Å². The number of rotatable bonds is 3. The average molecular weight is 355 g/mol. The number of hydrogen-bond donors (Lipinski definition) is 0. The lowest BCUT2D eigenvalue weighted by Crippen LogP contribution is -2.31. The van der Waals surface area contributed by atoms with Crippen molar-refractivity contribution in [2.45, 2.75) is 38.1 Å². The molecular formula is C23H21N3O. The Morgan fingerprint density at radius 1 is 0.889 bits per heavy atom. The second-order valence-corrected chi connectivity index (χ2v) is 6.97. The third kappa shape index (κ3) is 3.29. The fourth-order valence-electron chi connectivity index (χ4n) is 3.91. The summed E-state index contributed by atoms with van der Waals surface area (Å²) in [6, 6.07) is 21.5. The van der Waals surface area contributed by atoms with Gasteiger partial charge in [-0.3, -0.25) is 9.36 Å². The number of aromatic nitrogens is 2. The van der Waals surface area contributed by atoms with E-state index in [0.29, 0.717) is 11.5 Å². The monoisotopic (exact) mass is 355 g/mol. The minimum absolute atomic E-state index is 0.103. The Labute approximate surface area is 158 Å². The van der Waals surface area contributed by atoms with E-state index in [9.17, 15) is 10.1 Å². The minimum atomic E-state index is -0.225. The largest absolute Gasteiger partial charge is 0.288 e. The molecule has 0 unspecified atom stereocenters. The van der Waals surface area contributed by atoms with Crippen LogP contribution < -0.4 is 5.56 Å². The van der Waals surface area contributed by atoms with Gasteiger partial charge in [-0.1, -0.05) is 79.9 Å². The van der Waals surface area contributed by atoms with E-state index < -0.39 is 0 Å². The minimum Gasteiger partial charge on any atom is -0.288 e. The first-order valence-corrected chi connectivity index (χ1v) is 9.47. The Morgan fingerprint density at radius 2 is 1.48 bits per heavy atom. The Hall–Kier alpha value is -3.19. The van der Waals surface area contributed by atoms with E-state index in [1.807, 2.05) is 60.7 Å². The van der Waals surface area contributed by atoms with Crippen LogP contribution in [0.15, 0.2) is 65.5 Å². The lowest BCUT2D eigenvalue weighted by atomic mass is 9.94. The third-order valence-electron chi connectivity index (χ3n) is 5.25. The second kappa shape index (κ2) is 7.59. The van der Waals surface area contributed by atoms with E-state index in [1.165, 1.54) is 6.42 Å². The van der Waals surface area contributed by atoms with Crippen LogP contribution in [0.4, 0.5) is 0 Å². The van der Waals surface area contributed by atoms with Gasteiger partial charge in [0.05, 0.1) is 5.69 Å². The maximum atomic E-state index is 13.4. The van der Waals surface area contributed by atoms with Crippen molar-refractivity contribution in [3.8, 4) is 28.7 Å². The van der Waals surface area contributed by atoms with E-state index >= 15 is 0 Å². The first-order chi connectivity index (χ1) is 13.3. The summed E-state index contributed by atoms with van der Waals surface area (Å²) < 4.78 is 1.78.